The number of hydrogen-bond acceptors (Lipinski definition) is 7. The third kappa shape index (κ3) is 5.49. The van der Waals surface area contributed by atoms with Gasteiger partial charge in [0.2, 0.25) is 0 Å². The molecule has 0 saturated carbocycles. The zero-order valence-electron chi connectivity index (χ0n) is 22.5. The van der Waals surface area contributed by atoms with E-state index in [0.717, 1.165) is 69.0 Å². The van der Waals surface area contributed by atoms with Gasteiger partial charge in [-0.05, 0) is 55.8 Å². The molecule has 3 aromatic rings. The predicted octanol–water partition coefficient (Wildman–Crippen LogP) is 2.45. The summed E-state index contributed by atoms with van der Waals surface area (Å²) in [5.41, 5.74) is 3.31. The topological polar surface area (TPSA) is 88.1 Å². The lowest BCUT2D eigenvalue weighted by atomic mass is 10.0. The first-order valence-corrected chi connectivity index (χ1v) is 13.3. The van der Waals surface area contributed by atoms with Crippen LogP contribution in [0.4, 0.5) is 5.69 Å². The second-order valence-corrected chi connectivity index (χ2v) is 10.1. The fraction of sp³-hybridized carbons (Fsp3) is 0.448. The van der Waals surface area contributed by atoms with Crippen molar-refractivity contribution >= 4 is 22.5 Å². The van der Waals surface area contributed by atoms with E-state index in [-0.39, 0.29) is 11.5 Å². The Hall–Kier alpha value is -3.56. The summed E-state index contributed by atoms with van der Waals surface area (Å²) in [5, 5.41) is 7.09. The van der Waals surface area contributed by atoms with Gasteiger partial charge in [-0.2, -0.15) is 0 Å². The first-order valence-electron chi connectivity index (χ1n) is 13.3. The Morgan fingerprint density at radius 3 is 2.66 bits per heavy atom. The second kappa shape index (κ2) is 11.4. The number of nitrogens with one attached hydrogen (secondary N) is 2. The number of likely N-dealkylation sites (N-methyl/N-ethyl adjacent to an activating group) is 1. The molecule has 2 aliphatic heterocycles. The van der Waals surface area contributed by atoms with E-state index in [2.05, 4.69) is 45.7 Å². The molecule has 1 saturated heterocycles. The summed E-state index contributed by atoms with van der Waals surface area (Å²) >= 11 is 0. The van der Waals surface area contributed by atoms with E-state index in [1.807, 2.05) is 18.2 Å². The van der Waals surface area contributed by atoms with Crippen LogP contribution in [0.15, 0.2) is 47.3 Å². The SMILES string of the molecule is CNC(=O)c1cc(=O)n(CCN2CCC(NCc3ccc4c(c3)OCCN4C)CC2)c2cc(OC)ccc12. The van der Waals surface area contributed by atoms with E-state index >= 15 is 0 Å². The van der Waals surface area contributed by atoms with E-state index in [1.54, 1.807) is 18.7 Å². The number of amides is 1. The van der Waals surface area contributed by atoms with Crippen molar-refractivity contribution < 1.29 is 14.3 Å². The van der Waals surface area contributed by atoms with Crippen LogP contribution in [0.5, 0.6) is 11.5 Å². The Kier molecular flexibility index (Phi) is 7.85. The number of methoxy groups -OCH3 is 1. The van der Waals surface area contributed by atoms with Crippen LogP contribution >= 0.6 is 0 Å². The molecule has 202 valence electrons. The van der Waals surface area contributed by atoms with Gasteiger partial charge in [-0.25, -0.2) is 0 Å². The number of nitrogens with zero attached hydrogens (tertiary/aromatic N) is 3. The quantitative estimate of drug-likeness (QED) is 0.473. The van der Waals surface area contributed by atoms with Crippen molar-refractivity contribution in [2.45, 2.75) is 32.0 Å². The van der Waals surface area contributed by atoms with Crippen LogP contribution in [-0.2, 0) is 13.1 Å². The van der Waals surface area contributed by atoms with Crippen molar-refractivity contribution in [1.29, 1.82) is 0 Å². The fourth-order valence-electron chi connectivity index (χ4n) is 5.42. The normalized spacial score (nSPS) is 16.2. The number of rotatable bonds is 8. The van der Waals surface area contributed by atoms with Crippen LogP contribution in [0, 0.1) is 0 Å². The molecule has 0 spiro atoms. The average molecular weight is 520 g/mol. The molecule has 2 N–H and O–H groups in total. The second-order valence-electron chi connectivity index (χ2n) is 10.1. The summed E-state index contributed by atoms with van der Waals surface area (Å²) in [6, 6.07) is 13.9. The Balaban J connectivity index is 1.19. The zero-order valence-corrected chi connectivity index (χ0v) is 22.5. The molecule has 1 fully saturated rings. The number of pyridine rings is 1. The standard InChI is InChI=1S/C29H37N5O4/c1-30-29(36)24-18-28(35)34(26-17-22(37-3)5-6-23(24)26)13-12-33-10-8-21(9-11-33)31-19-20-4-7-25-27(16-20)38-15-14-32(25)2/h4-7,16-18,21,31H,8-15,19H2,1-3H3,(H,30,36). The van der Waals surface area contributed by atoms with Crippen molar-refractivity contribution in [3.8, 4) is 11.5 Å². The summed E-state index contributed by atoms with van der Waals surface area (Å²) in [5.74, 6) is 1.36. The van der Waals surface area contributed by atoms with Crippen LogP contribution in [0.2, 0.25) is 0 Å². The molecule has 2 aliphatic rings. The molecule has 0 aliphatic carbocycles. The van der Waals surface area contributed by atoms with Crippen LogP contribution in [-0.4, -0.2) is 75.4 Å². The van der Waals surface area contributed by atoms with Crippen LogP contribution in [0.25, 0.3) is 10.9 Å². The van der Waals surface area contributed by atoms with Gasteiger partial charge < -0.3 is 34.5 Å². The highest BCUT2D eigenvalue weighted by molar-refractivity contribution is 6.06. The minimum Gasteiger partial charge on any atom is -0.497 e. The Bertz CT molecular complexity index is 1360. The summed E-state index contributed by atoms with van der Waals surface area (Å²) in [7, 11) is 5.27. The van der Waals surface area contributed by atoms with Gasteiger partial charge in [-0.1, -0.05) is 6.07 Å². The number of piperidine rings is 1. The highest BCUT2D eigenvalue weighted by Gasteiger charge is 2.21. The monoisotopic (exact) mass is 519 g/mol. The molecule has 0 bridgehead atoms. The maximum absolute atomic E-state index is 13.0. The van der Waals surface area contributed by atoms with Gasteiger partial charge in [-0.3, -0.25) is 9.59 Å². The van der Waals surface area contributed by atoms with Gasteiger partial charge in [0.05, 0.1) is 30.4 Å². The summed E-state index contributed by atoms with van der Waals surface area (Å²) in [4.78, 5) is 30.1. The maximum Gasteiger partial charge on any atom is 0.251 e. The number of fused-ring (bicyclic) bond motifs is 2. The zero-order chi connectivity index (χ0) is 26.6. The minimum atomic E-state index is -0.269. The van der Waals surface area contributed by atoms with Gasteiger partial charge >= 0.3 is 0 Å². The van der Waals surface area contributed by atoms with E-state index in [9.17, 15) is 9.59 Å². The van der Waals surface area contributed by atoms with Crippen molar-refractivity contribution in [3.05, 3.63) is 63.9 Å². The third-order valence-corrected chi connectivity index (χ3v) is 7.73. The molecule has 9 nitrogen and oxygen atoms in total. The average Bonchev–Trinajstić information content (AvgIpc) is 2.95. The first-order chi connectivity index (χ1) is 18.5. The summed E-state index contributed by atoms with van der Waals surface area (Å²) in [6.45, 7) is 5.75. The molecule has 0 unspecified atom stereocenters. The van der Waals surface area contributed by atoms with Crippen LogP contribution in [0.3, 0.4) is 0 Å². The summed E-state index contributed by atoms with van der Waals surface area (Å²) < 4.78 is 13.0. The van der Waals surface area contributed by atoms with E-state index in [1.165, 1.54) is 11.6 Å². The van der Waals surface area contributed by atoms with Crippen molar-refractivity contribution in [1.82, 2.24) is 20.1 Å². The molecule has 1 amide bonds. The molecule has 2 aromatic carbocycles. The largest absolute Gasteiger partial charge is 0.497 e. The van der Waals surface area contributed by atoms with Gasteiger partial charge in [-0.15, -0.1) is 0 Å². The molecule has 0 radical (unpaired) electrons. The molecule has 3 heterocycles. The van der Waals surface area contributed by atoms with E-state index in [0.29, 0.717) is 29.4 Å². The number of ether oxygens (including phenoxy) is 2. The lowest BCUT2D eigenvalue weighted by Gasteiger charge is -2.33. The molecule has 0 atom stereocenters. The molecule has 1 aromatic heterocycles. The molecule has 5 rings (SSSR count). The number of anilines is 1. The summed E-state index contributed by atoms with van der Waals surface area (Å²) in [6.07, 6.45) is 2.12. The van der Waals surface area contributed by atoms with Gasteiger partial charge in [0, 0.05) is 57.3 Å². The predicted molar refractivity (Wildman–Crippen MR) is 150 cm³/mol. The smallest absolute Gasteiger partial charge is 0.251 e. The lowest BCUT2D eigenvalue weighted by Crippen LogP contribution is -2.43. The minimum absolute atomic E-state index is 0.180. The Labute approximate surface area is 223 Å². The molecular weight excluding hydrogens is 482 g/mol. The van der Waals surface area contributed by atoms with E-state index < -0.39 is 0 Å². The molecule has 9 heteroatoms. The third-order valence-electron chi connectivity index (χ3n) is 7.73. The molecular formula is C29H37N5O4. The van der Waals surface area contributed by atoms with E-state index in [4.69, 9.17) is 9.47 Å². The van der Waals surface area contributed by atoms with Gasteiger partial charge in [0.25, 0.3) is 11.5 Å². The van der Waals surface area contributed by atoms with Crippen LogP contribution in [0.1, 0.15) is 28.8 Å². The molecule has 38 heavy (non-hydrogen) atoms. The van der Waals surface area contributed by atoms with Crippen LogP contribution < -0.4 is 30.6 Å². The highest BCUT2D eigenvalue weighted by atomic mass is 16.5. The fourth-order valence-corrected chi connectivity index (χ4v) is 5.42. The number of hydrogen-bond donors (Lipinski definition) is 2. The van der Waals surface area contributed by atoms with Gasteiger partial charge in [0.1, 0.15) is 18.1 Å². The number of carbonyl (C=O) groups is 1. The highest BCUT2D eigenvalue weighted by Crippen LogP contribution is 2.31. The lowest BCUT2D eigenvalue weighted by molar-refractivity contribution is 0.0964. The number of likely N-dealkylation sites (tertiary alicyclic amines) is 1. The van der Waals surface area contributed by atoms with Crippen molar-refractivity contribution in [2.75, 3.05) is 58.9 Å². The number of aromatic nitrogens is 1. The number of carbonyl (C=O) groups excluding carboxylic acids is 1. The Morgan fingerprint density at radius 1 is 1.08 bits per heavy atom. The van der Waals surface area contributed by atoms with Gasteiger partial charge in [0.15, 0.2) is 0 Å². The maximum atomic E-state index is 13.0. The Morgan fingerprint density at radius 2 is 1.89 bits per heavy atom. The number of benzene rings is 2. The van der Waals surface area contributed by atoms with Crippen molar-refractivity contribution in [2.24, 2.45) is 0 Å². The van der Waals surface area contributed by atoms with Crippen molar-refractivity contribution in [3.63, 3.8) is 0 Å². The first kappa shape index (κ1) is 26.1.